The quantitative estimate of drug-likeness (QED) is 0.847. The first-order chi connectivity index (χ1) is 9.88. The molecule has 0 aliphatic heterocycles. The number of hydrogen-bond donors (Lipinski definition) is 1. The third-order valence-electron chi connectivity index (χ3n) is 4.58. The number of esters is 1. The van der Waals surface area contributed by atoms with Crippen molar-refractivity contribution >= 4 is 11.8 Å². The molecule has 0 spiro atoms. The monoisotopic (exact) mass is 293 g/mol. The lowest BCUT2D eigenvalue weighted by Crippen LogP contribution is -2.27. The van der Waals surface area contributed by atoms with Gasteiger partial charge in [-0.15, -0.1) is 0 Å². The van der Waals surface area contributed by atoms with Crippen LogP contribution in [0, 0.1) is 18.3 Å². The van der Waals surface area contributed by atoms with Crippen LogP contribution in [0.2, 0.25) is 0 Å². The lowest BCUT2D eigenvalue weighted by molar-refractivity contribution is 0.0595. The van der Waals surface area contributed by atoms with Crippen LogP contribution in [0.4, 0.5) is 5.82 Å². The molecule has 0 radical (unpaired) electrons. The number of hydrogen-bond acceptors (Lipinski definition) is 4. The standard InChI is InChI=1S/C16H27N3O2/c1-11(2)9-16(7-5-6-8-16)10-19-12(3)18-13(14(19)17)15(20)21-4/h11H,5-10,17H2,1-4H3. The number of ether oxygens (including phenoxy) is 1. The van der Waals surface area contributed by atoms with Crippen LogP contribution >= 0.6 is 0 Å². The Balaban J connectivity index is 2.29. The van der Waals surface area contributed by atoms with E-state index in [1.54, 1.807) is 0 Å². The van der Waals surface area contributed by atoms with E-state index in [1.165, 1.54) is 39.2 Å². The predicted molar refractivity (Wildman–Crippen MR) is 83.1 cm³/mol. The van der Waals surface area contributed by atoms with E-state index in [9.17, 15) is 4.79 Å². The van der Waals surface area contributed by atoms with E-state index in [0.29, 0.717) is 17.2 Å². The summed E-state index contributed by atoms with van der Waals surface area (Å²) in [5.41, 5.74) is 6.68. The second-order valence-electron chi connectivity index (χ2n) is 6.78. The maximum absolute atomic E-state index is 11.7. The summed E-state index contributed by atoms with van der Waals surface area (Å²) in [6.45, 7) is 7.29. The van der Waals surface area contributed by atoms with Crippen LogP contribution < -0.4 is 5.73 Å². The molecule has 21 heavy (non-hydrogen) atoms. The minimum atomic E-state index is -0.460. The molecule has 0 aromatic carbocycles. The first kappa shape index (κ1) is 15.9. The van der Waals surface area contributed by atoms with Crippen molar-refractivity contribution in [1.82, 2.24) is 9.55 Å². The predicted octanol–water partition coefficient (Wildman–Crippen LogP) is 3.17. The highest BCUT2D eigenvalue weighted by Crippen LogP contribution is 2.45. The van der Waals surface area contributed by atoms with Gasteiger partial charge in [-0.25, -0.2) is 9.78 Å². The molecule has 2 N–H and O–H groups in total. The Bertz CT molecular complexity index is 514. The van der Waals surface area contributed by atoms with Crippen LogP contribution in [-0.4, -0.2) is 22.6 Å². The Labute approximate surface area is 126 Å². The zero-order valence-corrected chi connectivity index (χ0v) is 13.6. The number of aryl methyl sites for hydroxylation is 1. The second kappa shape index (κ2) is 6.08. The fourth-order valence-electron chi connectivity index (χ4n) is 3.78. The minimum Gasteiger partial charge on any atom is -0.464 e. The van der Waals surface area contributed by atoms with Gasteiger partial charge in [0.1, 0.15) is 11.6 Å². The van der Waals surface area contributed by atoms with Crippen molar-refractivity contribution in [2.75, 3.05) is 12.8 Å². The molecule has 1 aromatic rings. The van der Waals surface area contributed by atoms with E-state index >= 15 is 0 Å². The summed E-state index contributed by atoms with van der Waals surface area (Å²) in [6.07, 6.45) is 6.22. The van der Waals surface area contributed by atoms with E-state index in [4.69, 9.17) is 10.5 Å². The van der Waals surface area contributed by atoms with Crippen LogP contribution in [-0.2, 0) is 11.3 Å². The van der Waals surface area contributed by atoms with Crippen molar-refractivity contribution in [3.63, 3.8) is 0 Å². The molecule has 1 aromatic heterocycles. The number of rotatable bonds is 5. The highest BCUT2D eigenvalue weighted by Gasteiger charge is 2.36. The number of carbonyl (C=O) groups is 1. The van der Waals surface area contributed by atoms with Gasteiger partial charge in [0.15, 0.2) is 5.69 Å². The molecule has 1 fully saturated rings. The van der Waals surface area contributed by atoms with Gasteiger partial charge in [-0.3, -0.25) is 0 Å². The molecule has 2 rings (SSSR count). The Morgan fingerprint density at radius 2 is 2.05 bits per heavy atom. The summed E-state index contributed by atoms with van der Waals surface area (Å²) < 4.78 is 6.75. The van der Waals surface area contributed by atoms with Crippen molar-refractivity contribution in [3.05, 3.63) is 11.5 Å². The zero-order valence-electron chi connectivity index (χ0n) is 13.6. The third-order valence-corrected chi connectivity index (χ3v) is 4.58. The summed E-state index contributed by atoms with van der Waals surface area (Å²) in [6, 6.07) is 0. The second-order valence-corrected chi connectivity index (χ2v) is 6.78. The van der Waals surface area contributed by atoms with Gasteiger partial charge in [-0.05, 0) is 37.5 Å². The molecule has 1 aliphatic carbocycles. The Morgan fingerprint density at radius 1 is 1.43 bits per heavy atom. The first-order valence-electron chi connectivity index (χ1n) is 7.79. The largest absolute Gasteiger partial charge is 0.464 e. The van der Waals surface area contributed by atoms with Crippen LogP contribution in [0.15, 0.2) is 0 Å². The van der Waals surface area contributed by atoms with Gasteiger partial charge in [-0.2, -0.15) is 0 Å². The molecule has 0 atom stereocenters. The van der Waals surface area contributed by atoms with Crippen molar-refractivity contribution in [3.8, 4) is 0 Å². The minimum absolute atomic E-state index is 0.243. The number of nitrogens with two attached hydrogens (primary N) is 1. The van der Waals surface area contributed by atoms with Gasteiger partial charge >= 0.3 is 5.97 Å². The van der Waals surface area contributed by atoms with Gasteiger partial charge in [0.25, 0.3) is 0 Å². The topological polar surface area (TPSA) is 70.1 Å². The summed E-state index contributed by atoms with van der Waals surface area (Å²) in [5.74, 6) is 1.43. The summed E-state index contributed by atoms with van der Waals surface area (Å²) in [7, 11) is 1.35. The number of carbonyl (C=O) groups excluding carboxylic acids is 1. The lowest BCUT2D eigenvalue weighted by atomic mass is 9.78. The van der Waals surface area contributed by atoms with E-state index in [0.717, 1.165) is 12.4 Å². The summed E-state index contributed by atoms with van der Waals surface area (Å²) >= 11 is 0. The normalized spacial score (nSPS) is 17.4. The lowest BCUT2D eigenvalue weighted by Gasteiger charge is -2.32. The SMILES string of the molecule is COC(=O)c1nc(C)n(CC2(CC(C)C)CCCC2)c1N. The highest BCUT2D eigenvalue weighted by atomic mass is 16.5. The van der Waals surface area contributed by atoms with E-state index in [2.05, 4.69) is 18.8 Å². The van der Waals surface area contributed by atoms with Crippen LogP contribution in [0.1, 0.15) is 62.3 Å². The maximum atomic E-state index is 11.7. The fourth-order valence-corrected chi connectivity index (χ4v) is 3.78. The number of methoxy groups -OCH3 is 1. The molecular weight excluding hydrogens is 266 g/mol. The van der Waals surface area contributed by atoms with Gasteiger partial charge < -0.3 is 15.0 Å². The van der Waals surface area contributed by atoms with Gasteiger partial charge in [0.05, 0.1) is 7.11 Å². The fraction of sp³-hybridized carbons (Fsp3) is 0.750. The molecule has 5 heteroatoms. The molecule has 1 aliphatic rings. The number of nitrogens with zero attached hydrogens (tertiary/aromatic N) is 2. The maximum Gasteiger partial charge on any atom is 0.360 e. The first-order valence-corrected chi connectivity index (χ1v) is 7.79. The Hall–Kier alpha value is -1.52. The van der Waals surface area contributed by atoms with Crippen molar-refractivity contribution in [2.24, 2.45) is 11.3 Å². The molecule has 0 bridgehead atoms. The molecule has 0 amide bonds. The third kappa shape index (κ3) is 3.22. The molecule has 0 unspecified atom stereocenters. The van der Waals surface area contributed by atoms with Crippen LogP contribution in [0.25, 0.3) is 0 Å². The summed E-state index contributed by atoms with van der Waals surface area (Å²) in [4.78, 5) is 16.0. The number of imidazole rings is 1. The Kier molecular flexibility index (Phi) is 4.59. The molecule has 0 saturated heterocycles. The van der Waals surface area contributed by atoms with Crippen LogP contribution in [0.3, 0.4) is 0 Å². The number of anilines is 1. The number of aromatic nitrogens is 2. The highest BCUT2D eigenvalue weighted by molar-refractivity contribution is 5.92. The molecule has 5 nitrogen and oxygen atoms in total. The van der Waals surface area contributed by atoms with Crippen molar-refractivity contribution in [2.45, 2.75) is 59.4 Å². The smallest absolute Gasteiger partial charge is 0.360 e. The van der Waals surface area contributed by atoms with Crippen LogP contribution in [0.5, 0.6) is 0 Å². The molecular formula is C16H27N3O2. The van der Waals surface area contributed by atoms with Crippen molar-refractivity contribution < 1.29 is 9.53 Å². The average Bonchev–Trinajstić information content (AvgIpc) is 2.97. The van der Waals surface area contributed by atoms with E-state index in [-0.39, 0.29) is 5.69 Å². The summed E-state index contributed by atoms with van der Waals surface area (Å²) in [5, 5.41) is 0. The average molecular weight is 293 g/mol. The molecule has 1 heterocycles. The van der Waals surface area contributed by atoms with Gasteiger partial charge in [-0.1, -0.05) is 26.7 Å². The van der Waals surface area contributed by atoms with E-state index < -0.39 is 5.97 Å². The Morgan fingerprint density at radius 3 is 2.57 bits per heavy atom. The molecule has 1 saturated carbocycles. The van der Waals surface area contributed by atoms with Gasteiger partial charge in [0.2, 0.25) is 0 Å². The van der Waals surface area contributed by atoms with E-state index in [1.807, 2.05) is 11.5 Å². The zero-order chi connectivity index (χ0) is 15.6. The van der Waals surface area contributed by atoms with Gasteiger partial charge in [0, 0.05) is 6.54 Å². The van der Waals surface area contributed by atoms with Crippen molar-refractivity contribution in [1.29, 1.82) is 0 Å². The number of nitrogen functional groups attached to an aromatic ring is 1. The molecule has 118 valence electrons.